The highest BCUT2D eigenvalue weighted by Crippen LogP contribution is 2.30. The molecule has 0 atom stereocenters. The predicted octanol–water partition coefficient (Wildman–Crippen LogP) is 2.94. The molecule has 5 heteroatoms. The van der Waals surface area contributed by atoms with Crippen molar-refractivity contribution >= 4 is 17.6 Å². The number of para-hydroxylation sites is 2. The van der Waals surface area contributed by atoms with Crippen LogP contribution in [0.3, 0.4) is 0 Å². The van der Waals surface area contributed by atoms with Crippen LogP contribution in [0.2, 0.25) is 0 Å². The third kappa shape index (κ3) is 5.10. The highest BCUT2D eigenvalue weighted by molar-refractivity contribution is 5.96. The second-order valence-electron chi connectivity index (χ2n) is 5.42. The van der Waals surface area contributed by atoms with Gasteiger partial charge in [-0.15, -0.1) is 0 Å². The first-order valence-corrected chi connectivity index (χ1v) is 7.11. The number of benzene rings is 1. The van der Waals surface area contributed by atoms with Gasteiger partial charge in [-0.05, 0) is 26.0 Å². The molecule has 5 nitrogen and oxygen atoms in total. The van der Waals surface area contributed by atoms with Crippen LogP contribution in [-0.2, 0) is 9.59 Å². The van der Waals surface area contributed by atoms with Gasteiger partial charge in [-0.25, -0.2) is 0 Å². The lowest BCUT2D eigenvalue weighted by atomic mass is 10.1. The van der Waals surface area contributed by atoms with Gasteiger partial charge in [-0.1, -0.05) is 26.0 Å². The largest absolute Gasteiger partial charge is 0.489 e. The summed E-state index contributed by atoms with van der Waals surface area (Å²) in [5.74, 6) is -0.673. The maximum atomic E-state index is 12.4. The summed E-state index contributed by atoms with van der Waals surface area (Å²) in [6, 6.07) is 7.21. The van der Waals surface area contributed by atoms with Crippen molar-refractivity contribution in [2.75, 3.05) is 11.4 Å². The standard InChI is InChI=1S/C16H23NO4/c1-11(2)16(20)17(10-9-15(18)19)13-7-5-6-8-14(13)21-12(3)4/h5-8,11-12H,9-10H2,1-4H3,(H,18,19). The monoisotopic (exact) mass is 293 g/mol. The molecular weight excluding hydrogens is 270 g/mol. The van der Waals surface area contributed by atoms with Crippen LogP contribution in [0.15, 0.2) is 24.3 Å². The summed E-state index contributed by atoms with van der Waals surface area (Å²) in [7, 11) is 0. The highest BCUT2D eigenvalue weighted by Gasteiger charge is 2.22. The summed E-state index contributed by atoms with van der Waals surface area (Å²) in [5.41, 5.74) is 0.617. The number of anilines is 1. The quantitative estimate of drug-likeness (QED) is 0.839. The Morgan fingerprint density at radius 3 is 2.33 bits per heavy atom. The minimum atomic E-state index is -0.932. The maximum Gasteiger partial charge on any atom is 0.305 e. The molecule has 0 aliphatic carbocycles. The van der Waals surface area contributed by atoms with E-state index in [0.29, 0.717) is 11.4 Å². The van der Waals surface area contributed by atoms with Crippen molar-refractivity contribution in [1.82, 2.24) is 0 Å². The van der Waals surface area contributed by atoms with Crippen LogP contribution in [0.4, 0.5) is 5.69 Å². The predicted molar refractivity (Wildman–Crippen MR) is 81.6 cm³/mol. The molecule has 1 aromatic rings. The Balaban J connectivity index is 3.12. The number of hydrogen-bond acceptors (Lipinski definition) is 3. The van der Waals surface area contributed by atoms with E-state index in [4.69, 9.17) is 9.84 Å². The van der Waals surface area contributed by atoms with E-state index in [1.807, 2.05) is 26.0 Å². The first kappa shape index (κ1) is 17.0. The second kappa shape index (κ2) is 7.67. The molecule has 1 aromatic carbocycles. The van der Waals surface area contributed by atoms with Gasteiger partial charge in [0.05, 0.1) is 18.2 Å². The topological polar surface area (TPSA) is 66.8 Å². The van der Waals surface area contributed by atoms with Gasteiger partial charge < -0.3 is 14.7 Å². The molecule has 0 aliphatic rings. The smallest absolute Gasteiger partial charge is 0.305 e. The van der Waals surface area contributed by atoms with E-state index in [-0.39, 0.29) is 30.9 Å². The number of aliphatic carboxylic acids is 1. The van der Waals surface area contributed by atoms with Crippen LogP contribution in [0, 0.1) is 5.92 Å². The molecule has 0 aliphatic heterocycles. The normalized spacial score (nSPS) is 10.8. The van der Waals surface area contributed by atoms with E-state index in [1.54, 1.807) is 26.0 Å². The summed E-state index contributed by atoms with van der Waals surface area (Å²) in [4.78, 5) is 24.7. The maximum absolute atomic E-state index is 12.4. The van der Waals surface area contributed by atoms with E-state index in [1.165, 1.54) is 4.90 Å². The molecule has 116 valence electrons. The first-order chi connectivity index (χ1) is 9.82. The van der Waals surface area contributed by atoms with Crippen LogP contribution in [0.1, 0.15) is 34.1 Å². The first-order valence-electron chi connectivity index (χ1n) is 7.11. The van der Waals surface area contributed by atoms with Crippen molar-refractivity contribution < 1.29 is 19.4 Å². The lowest BCUT2D eigenvalue weighted by Crippen LogP contribution is -2.36. The second-order valence-corrected chi connectivity index (χ2v) is 5.42. The number of hydrogen-bond donors (Lipinski definition) is 1. The molecule has 0 heterocycles. The molecule has 0 aromatic heterocycles. The SMILES string of the molecule is CC(C)Oc1ccccc1N(CCC(=O)O)C(=O)C(C)C. The molecule has 1 N–H and O–H groups in total. The minimum absolute atomic E-state index is 0.0263. The number of amides is 1. The van der Waals surface area contributed by atoms with Gasteiger partial charge >= 0.3 is 5.97 Å². The van der Waals surface area contributed by atoms with Gasteiger partial charge in [0.1, 0.15) is 5.75 Å². The molecule has 0 unspecified atom stereocenters. The van der Waals surface area contributed by atoms with Gasteiger partial charge in [-0.2, -0.15) is 0 Å². The Kier molecular flexibility index (Phi) is 6.21. The third-order valence-corrected chi connectivity index (χ3v) is 2.83. The summed E-state index contributed by atoms with van der Waals surface area (Å²) < 4.78 is 5.72. The molecule has 0 bridgehead atoms. The molecule has 1 amide bonds. The summed E-state index contributed by atoms with van der Waals surface area (Å²) in [6.07, 6.45) is -0.129. The van der Waals surface area contributed by atoms with E-state index in [9.17, 15) is 9.59 Å². The Labute approximate surface area is 125 Å². The van der Waals surface area contributed by atoms with E-state index in [2.05, 4.69) is 0 Å². The Morgan fingerprint density at radius 2 is 1.81 bits per heavy atom. The zero-order valence-electron chi connectivity index (χ0n) is 13.0. The van der Waals surface area contributed by atoms with Crippen LogP contribution in [0.25, 0.3) is 0 Å². The zero-order chi connectivity index (χ0) is 16.0. The number of ether oxygens (including phenoxy) is 1. The van der Waals surface area contributed by atoms with Gasteiger partial charge in [0.15, 0.2) is 0 Å². The molecule has 21 heavy (non-hydrogen) atoms. The van der Waals surface area contributed by atoms with Crippen molar-refractivity contribution in [2.24, 2.45) is 5.92 Å². The van der Waals surface area contributed by atoms with E-state index in [0.717, 1.165) is 0 Å². The van der Waals surface area contributed by atoms with Crippen LogP contribution >= 0.6 is 0 Å². The number of carboxylic acids is 1. The number of nitrogens with zero attached hydrogens (tertiary/aromatic N) is 1. The van der Waals surface area contributed by atoms with Crippen LogP contribution in [-0.4, -0.2) is 29.6 Å². The zero-order valence-corrected chi connectivity index (χ0v) is 13.0. The fourth-order valence-electron chi connectivity index (χ4n) is 1.90. The van der Waals surface area contributed by atoms with Crippen LogP contribution < -0.4 is 9.64 Å². The number of carbonyl (C=O) groups is 2. The van der Waals surface area contributed by atoms with E-state index >= 15 is 0 Å². The highest BCUT2D eigenvalue weighted by atomic mass is 16.5. The summed E-state index contributed by atoms with van der Waals surface area (Å²) in [6.45, 7) is 7.53. The summed E-state index contributed by atoms with van der Waals surface area (Å²) >= 11 is 0. The Morgan fingerprint density at radius 1 is 1.19 bits per heavy atom. The minimum Gasteiger partial charge on any atom is -0.489 e. The van der Waals surface area contributed by atoms with Gasteiger partial charge in [0, 0.05) is 12.5 Å². The van der Waals surface area contributed by atoms with Crippen molar-refractivity contribution in [3.05, 3.63) is 24.3 Å². The van der Waals surface area contributed by atoms with Crippen molar-refractivity contribution in [3.8, 4) is 5.75 Å². The average Bonchev–Trinajstić information content (AvgIpc) is 2.39. The Hall–Kier alpha value is -2.04. The molecule has 0 radical (unpaired) electrons. The molecule has 0 spiro atoms. The van der Waals surface area contributed by atoms with E-state index < -0.39 is 5.97 Å². The lowest BCUT2D eigenvalue weighted by Gasteiger charge is -2.26. The van der Waals surface area contributed by atoms with Crippen LogP contribution in [0.5, 0.6) is 5.75 Å². The summed E-state index contributed by atoms with van der Waals surface area (Å²) in [5, 5.41) is 8.88. The fraction of sp³-hybridized carbons (Fsp3) is 0.500. The number of carboxylic acid groups (broad SMARTS) is 1. The van der Waals surface area contributed by atoms with Gasteiger partial charge in [0.2, 0.25) is 5.91 Å². The van der Waals surface area contributed by atoms with Crippen molar-refractivity contribution in [2.45, 2.75) is 40.2 Å². The average molecular weight is 293 g/mol. The van der Waals surface area contributed by atoms with Gasteiger partial charge in [0.25, 0.3) is 0 Å². The third-order valence-electron chi connectivity index (χ3n) is 2.83. The fourth-order valence-corrected chi connectivity index (χ4v) is 1.90. The lowest BCUT2D eigenvalue weighted by molar-refractivity contribution is -0.136. The van der Waals surface area contributed by atoms with Crippen molar-refractivity contribution in [3.63, 3.8) is 0 Å². The number of rotatable bonds is 7. The molecule has 1 rings (SSSR count). The molecular formula is C16H23NO4. The molecule has 0 fully saturated rings. The molecule has 0 saturated heterocycles. The van der Waals surface area contributed by atoms with Crippen molar-refractivity contribution in [1.29, 1.82) is 0 Å². The Bertz CT molecular complexity index is 497. The molecule has 0 saturated carbocycles. The van der Waals surface area contributed by atoms with Gasteiger partial charge in [-0.3, -0.25) is 9.59 Å². The number of carbonyl (C=O) groups excluding carboxylic acids is 1.